The van der Waals surface area contributed by atoms with Crippen LogP contribution in [0.25, 0.3) is 72.7 Å². The van der Waals surface area contributed by atoms with E-state index in [0.29, 0.717) is 27.8 Å². The first kappa shape index (κ1) is 24.9. The lowest BCUT2D eigenvalue weighted by Crippen LogP contribution is -2.17. The molecule has 0 spiro atoms. The molecule has 0 atom stereocenters. The van der Waals surface area contributed by atoms with Crippen LogP contribution in [0.4, 0.5) is 0 Å². The number of hydrogen-bond donors (Lipinski definition) is 1. The van der Waals surface area contributed by atoms with E-state index in [2.05, 4.69) is 4.98 Å². The van der Waals surface area contributed by atoms with Crippen molar-refractivity contribution in [3.63, 3.8) is 0 Å². The Morgan fingerprint density at radius 2 is 1.28 bits per heavy atom. The van der Waals surface area contributed by atoms with Crippen LogP contribution in [0, 0.1) is 12.3 Å². The second-order valence-electron chi connectivity index (χ2n) is 20.5. The highest BCUT2D eigenvalue weighted by Crippen LogP contribution is 2.46. The number of phenolic OH excluding ortho intramolecular Hbond substituents is 1. The molecule has 0 saturated heterocycles. The second-order valence-corrected chi connectivity index (χ2v) is 20.5. The number of hydrogen-bond acceptors (Lipinski definition) is 3. The summed E-state index contributed by atoms with van der Waals surface area (Å²) in [4.78, 5) is 9.74. The van der Waals surface area contributed by atoms with E-state index in [1.807, 2.05) is 47.6 Å². The third kappa shape index (κ3) is 9.84. The molecule has 8 aromatic rings. The van der Waals surface area contributed by atoms with E-state index in [1.165, 1.54) is 28.8 Å². The van der Waals surface area contributed by atoms with Gasteiger partial charge in [0.15, 0.2) is 0 Å². The fourth-order valence-electron chi connectivity index (χ4n) is 8.16. The molecular weight excluding hydrogens is 827 g/mol. The van der Waals surface area contributed by atoms with Crippen LogP contribution in [0.5, 0.6) is 5.75 Å². The summed E-state index contributed by atoms with van der Waals surface area (Å²) in [6.07, 6.45) is -0.920. The number of para-hydroxylation sites is 1. The highest BCUT2D eigenvalue weighted by atomic mass is 16.3. The fraction of sp³-hybridized carbons (Fsp3) is 0.344. The van der Waals surface area contributed by atoms with Crippen molar-refractivity contribution in [1.29, 1.82) is 0 Å². The number of benzene rings is 6. The van der Waals surface area contributed by atoms with Gasteiger partial charge in [0.2, 0.25) is 0 Å². The maximum atomic E-state index is 13.3. The minimum Gasteiger partial charge on any atom is -0.507 e. The largest absolute Gasteiger partial charge is 0.507 e. The van der Waals surface area contributed by atoms with E-state index < -0.39 is 122 Å². The lowest BCUT2D eigenvalue weighted by atomic mass is 9.79. The molecular formula is C64H73N3O. The van der Waals surface area contributed by atoms with Crippen molar-refractivity contribution in [2.75, 3.05) is 0 Å². The standard InChI is InChI=1S/C64H73N3O/c1-40-39-65-54(37-50(40)43-27-25-41(26-28-43)38-60(2,3)4)45-31-44(32-47(33-45)62(8,9)10)49-23-20-24-56-57(49)66-59(52-35-48(63(11,12)13)36-53(58(52)68)64(14,15)16)67(56)55-30-29-46(61(5,6)7)34-51(55)42-21-18-17-19-22-42/h17-37,39,68H,38H2,1-16H3/i1D3,11D3,12D3,13D3,14D3,15D3,16D3,27D,28D,35D,36D,38D2. The summed E-state index contributed by atoms with van der Waals surface area (Å²) in [5, 5.41) is 13.3. The fourth-order valence-corrected chi connectivity index (χ4v) is 8.16. The molecule has 0 saturated carbocycles. The molecule has 2 heterocycles. The molecule has 0 aliphatic rings. The van der Waals surface area contributed by atoms with Gasteiger partial charge in [-0.2, -0.15) is 0 Å². The number of imidazole rings is 1. The van der Waals surface area contributed by atoms with E-state index in [-0.39, 0.29) is 62.3 Å². The minimum atomic E-state index is -4.50. The summed E-state index contributed by atoms with van der Waals surface area (Å²) < 4.78 is 243. The van der Waals surface area contributed by atoms with Crippen molar-refractivity contribution >= 4 is 11.0 Å². The average molecular weight is 927 g/mol. The molecule has 6 aromatic carbocycles. The summed E-state index contributed by atoms with van der Waals surface area (Å²) in [6.45, 7) is -12.7. The van der Waals surface area contributed by atoms with Gasteiger partial charge in [0.1, 0.15) is 11.6 Å². The monoisotopic (exact) mass is 927 g/mol. The van der Waals surface area contributed by atoms with Crippen LogP contribution in [0.1, 0.15) is 174 Å². The van der Waals surface area contributed by atoms with Crippen LogP contribution in [-0.2, 0) is 28.0 Å². The first-order valence-electron chi connectivity index (χ1n) is 35.7. The predicted octanol–water partition coefficient (Wildman–Crippen LogP) is 17.5. The van der Waals surface area contributed by atoms with Crippen molar-refractivity contribution in [1.82, 2.24) is 14.5 Å². The molecule has 0 radical (unpaired) electrons. The Labute approximate surface area is 445 Å². The smallest absolute Gasteiger partial charge is 0.149 e. The van der Waals surface area contributed by atoms with E-state index in [0.717, 1.165) is 11.8 Å². The number of aryl methyl sites for hydroxylation is 1. The SMILES string of the molecule is [2H]c1cc(C([2H])([2H])C(C)(C)C)cc([2H])c1-c1cc(-c2cc(-c3cccc4c3nc(-c3c([2H])c(C(C([2H])([2H])[2H])(C([2H])([2H])[2H])C([2H])([2H])[2H])c([2H])c(C(C([2H])([2H])[2H])(C([2H])([2H])[2H])C([2H])([2H])[2H])c3O)n4-c3ccc(C(C)(C)C)cc3-c3ccccc3)cc(C(C)(C)C)c2)ncc1C([2H])([2H])[2H]. The molecule has 0 aliphatic carbocycles. The molecule has 68 heavy (non-hydrogen) atoms. The van der Waals surface area contributed by atoms with Crippen LogP contribution < -0.4 is 0 Å². The number of pyridine rings is 1. The van der Waals surface area contributed by atoms with Crippen LogP contribution in [0.15, 0.2) is 133 Å². The third-order valence-electron chi connectivity index (χ3n) is 11.7. The Bertz CT molecular complexity index is 4120. The summed E-state index contributed by atoms with van der Waals surface area (Å²) >= 11 is 0. The van der Waals surface area contributed by atoms with Crippen LogP contribution in [-0.4, -0.2) is 19.6 Å². The molecule has 0 aliphatic heterocycles. The molecule has 350 valence electrons. The lowest BCUT2D eigenvalue weighted by Gasteiger charge is -2.28. The molecule has 0 amide bonds. The van der Waals surface area contributed by atoms with Gasteiger partial charge in [-0.25, -0.2) is 4.98 Å². The van der Waals surface area contributed by atoms with Gasteiger partial charge in [0, 0.05) is 60.0 Å². The Morgan fingerprint density at radius 3 is 1.93 bits per heavy atom. The maximum absolute atomic E-state index is 13.3. The zero-order chi connectivity index (χ0) is 72.1. The number of aromatic nitrogens is 3. The summed E-state index contributed by atoms with van der Waals surface area (Å²) in [5.74, 6) is -2.54. The highest BCUT2D eigenvalue weighted by Gasteiger charge is 2.30. The second kappa shape index (κ2) is 17.4. The van der Waals surface area contributed by atoms with Crippen molar-refractivity contribution in [3.8, 4) is 67.5 Å². The molecule has 0 unspecified atom stereocenters. The van der Waals surface area contributed by atoms with Gasteiger partial charge in [-0.3, -0.25) is 9.55 Å². The Kier molecular flexibility index (Phi) is 6.34. The summed E-state index contributed by atoms with van der Waals surface area (Å²) in [7, 11) is 0. The number of phenols is 1. The topological polar surface area (TPSA) is 50.9 Å². The Hall–Kier alpha value is -6.26. The lowest BCUT2D eigenvalue weighted by molar-refractivity contribution is 0.411. The van der Waals surface area contributed by atoms with Gasteiger partial charge < -0.3 is 5.11 Å². The number of nitrogens with zero attached hydrogens (tertiary/aromatic N) is 3. The molecule has 1 N–H and O–H groups in total. The van der Waals surface area contributed by atoms with Crippen molar-refractivity contribution < 1.29 is 42.1 Å². The Morgan fingerprint density at radius 1 is 0.588 bits per heavy atom. The quantitative estimate of drug-likeness (QED) is 0.173. The molecule has 8 rings (SSSR count). The van der Waals surface area contributed by atoms with Crippen molar-refractivity contribution in [2.24, 2.45) is 5.41 Å². The highest BCUT2D eigenvalue weighted by molar-refractivity contribution is 5.98. The van der Waals surface area contributed by atoms with Gasteiger partial charge in [0.25, 0.3) is 0 Å². The summed E-state index contributed by atoms with van der Waals surface area (Å²) in [5.41, 5.74) is -13.6. The van der Waals surface area contributed by atoms with E-state index in [1.54, 1.807) is 93.6 Å². The molecule has 4 heteroatoms. The van der Waals surface area contributed by atoms with Crippen molar-refractivity contribution in [3.05, 3.63) is 167 Å². The zero-order valence-corrected chi connectivity index (χ0v) is 39.7. The Balaban J connectivity index is 1.64. The number of fused-ring (bicyclic) bond motifs is 1. The third-order valence-corrected chi connectivity index (χ3v) is 11.7. The van der Waals surface area contributed by atoms with Gasteiger partial charge in [-0.05, 0) is 133 Å². The number of aromatic hydroxyl groups is 1. The van der Waals surface area contributed by atoms with Crippen molar-refractivity contribution in [2.45, 2.75) is 138 Å². The normalized spacial score (nSPS) is 20.2. The van der Waals surface area contributed by atoms with E-state index in [4.69, 9.17) is 36.5 Å². The van der Waals surface area contributed by atoms with Crippen LogP contribution in [0.2, 0.25) is 0 Å². The van der Waals surface area contributed by atoms with E-state index >= 15 is 0 Å². The first-order valence-corrected chi connectivity index (χ1v) is 22.2. The van der Waals surface area contributed by atoms with E-state index in [9.17, 15) is 10.6 Å². The van der Waals surface area contributed by atoms with Gasteiger partial charge >= 0.3 is 0 Å². The molecule has 4 nitrogen and oxygen atoms in total. The van der Waals surface area contributed by atoms with Crippen LogP contribution in [0.3, 0.4) is 0 Å². The maximum Gasteiger partial charge on any atom is 0.149 e. The zero-order valence-electron chi connectivity index (χ0n) is 66.7. The number of rotatable bonds is 7. The predicted molar refractivity (Wildman–Crippen MR) is 290 cm³/mol. The van der Waals surface area contributed by atoms with Gasteiger partial charge in [-0.15, -0.1) is 0 Å². The minimum absolute atomic E-state index is 0.0299. The summed E-state index contributed by atoms with van der Waals surface area (Å²) in [6, 6.07) is 23.4. The first-order chi connectivity index (χ1) is 42.8. The van der Waals surface area contributed by atoms with Crippen LogP contribution >= 0.6 is 0 Å². The molecule has 0 bridgehead atoms. The average Bonchev–Trinajstić information content (AvgIpc) is 1.19. The van der Waals surface area contributed by atoms with Gasteiger partial charge in [-0.1, -0.05) is 188 Å². The molecule has 0 fully saturated rings. The molecule has 2 aromatic heterocycles. The van der Waals surface area contributed by atoms with Gasteiger partial charge in [0.05, 0.1) is 33.5 Å².